The van der Waals surface area contributed by atoms with Gasteiger partial charge in [0.2, 0.25) is 0 Å². The van der Waals surface area contributed by atoms with Gasteiger partial charge in [0.15, 0.2) is 12.4 Å². The Labute approximate surface area is 121 Å². The molecule has 0 aliphatic rings. The molecule has 0 saturated carbocycles. The monoisotopic (exact) mass is 292 g/mol. The van der Waals surface area contributed by atoms with Gasteiger partial charge in [-0.1, -0.05) is 22.9 Å². The molecular weight excluding hydrogens is 276 g/mol. The highest BCUT2D eigenvalue weighted by molar-refractivity contribution is 7.99. The topological polar surface area (TPSA) is 65.2 Å². The highest BCUT2D eigenvalue weighted by Gasteiger charge is 2.08. The summed E-state index contributed by atoms with van der Waals surface area (Å²) < 4.78 is 9.91. The first-order valence-electron chi connectivity index (χ1n) is 6.28. The van der Waals surface area contributed by atoms with E-state index in [4.69, 9.17) is 9.26 Å². The Morgan fingerprint density at radius 1 is 1.30 bits per heavy atom. The predicted molar refractivity (Wildman–Crippen MR) is 75.4 cm³/mol. The Kier molecular flexibility index (Phi) is 5.17. The number of esters is 1. The second-order valence-electron chi connectivity index (χ2n) is 4.31. The first kappa shape index (κ1) is 14.6. The number of hydrogen-bond donors (Lipinski definition) is 0. The van der Waals surface area contributed by atoms with E-state index < -0.39 is 0 Å². The normalized spacial score (nSPS) is 10.5. The summed E-state index contributed by atoms with van der Waals surface area (Å²) in [5.41, 5.74) is 1.23. The number of thioether (sulfide) groups is 1. The maximum absolute atomic E-state index is 11.5. The van der Waals surface area contributed by atoms with Crippen LogP contribution in [0.15, 0.2) is 33.7 Å². The minimum absolute atomic E-state index is 0.0366. The third-order valence-corrected chi connectivity index (χ3v) is 3.54. The maximum Gasteiger partial charge on any atom is 0.307 e. The van der Waals surface area contributed by atoms with Crippen molar-refractivity contribution in [3.63, 3.8) is 0 Å². The number of carbonyl (C=O) groups excluding carboxylic acids is 1. The van der Waals surface area contributed by atoms with Crippen LogP contribution < -0.4 is 0 Å². The van der Waals surface area contributed by atoms with Crippen molar-refractivity contribution in [3.05, 3.63) is 41.5 Å². The van der Waals surface area contributed by atoms with Gasteiger partial charge in [-0.2, -0.15) is 4.98 Å². The van der Waals surface area contributed by atoms with Gasteiger partial charge in [0.05, 0.1) is 6.42 Å². The number of nitrogens with zero attached hydrogens (tertiary/aromatic N) is 2. The standard InChI is InChI=1S/C14H16N2O3S/c1-10-3-5-12(6-4-10)20-8-7-14(17)18-9-13-15-11(2)16-19-13/h3-6H,7-9H2,1-2H3. The van der Waals surface area contributed by atoms with Crippen LogP contribution in [0.25, 0.3) is 0 Å². The van der Waals surface area contributed by atoms with Gasteiger partial charge in [-0.3, -0.25) is 4.79 Å². The zero-order valence-corrected chi connectivity index (χ0v) is 12.3. The molecule has 0 spiro atoms. The van der Waals surface area contributed by atoms with E-state index in [1.54, 1.807) is 18.7 Å². The van der Waals surface area contributed by atoms with E-state index >= 15 is 0 Å². The molecule has 106 valence electrons. The van der Waals surface area contributed by atoms with Gasteiger partial charge in [-0.25, -0.2) is 0 Å². The van der Waals surface area contributed by atoms with Crippen molar-refractivity contribution in [2.24, 2.45) is 0 Å². The van der Waals surface area contributed by atoms with Crippen LogP contribution in [0.2, 0.25) is 0 Å². The summed E-state index contributed by atoms with van der Waals surface area (Å²) >= 11 is 1.63. The molecule has 1 aromatic carbocycles. The lowest BCUT2D eigenvalue weighted by atomic mass is 10.2. The van der Waals surface area contributed by atoms with Crippen LogP contribution in [-0.2, 0) is 16.1 Å². The van der Waals surface area contributed by atoms with Gasteiger partial charge in [-0.15, -0.1) is 11.8 Å². The summed E-state index contributed by atoms with van der Waals surface area (Å²) in [4.78, 5) is 16.6. The molecule has 2 aromatic rings. The fraction of sp³-hybridized carbons (Fsp3) is 0.357. The Morgan fingerprint density at radius 2 is 2.05 bits per heavy atom. The summed E-state index contributed by atoms with van der Waals surface area (Å²) in [5, 5.41) is 3.62. The largest absolute Gasteiger partial charge is 0.456 e. The van der Waals surface area contributed by atoms with Crippen molar-refractivity contribution in [2.75, 3.05) is 5.75 Å². The molecule has 0 aliphatic carbocycles. The Balaban J connectivity index is 1.66. The zero-order valence-electron chi connectivity index (χ0n) is 11.5. The van der Waals surface area contributed by atoms with E-state index in [2.05, 4.69) is 22.3 Å². The molecule has 1 aromatic heterocycles. The quantitative estimate of drug-likeness (QED) is 0.602. The number of carbonyl (C=O) groups is 1. The fourth-order valence-corrected chi connectivity index (χ4v) is 2.33. The molecule has 5 nitrogen and oxygen atoms in total. The number of aromatic nitrogens is 2. The molecule has 0 bridgehead atoms. The van der Waals surface area contributed by atoms with Gasteiger partial charge in [0, 0.05) is 10.6 Å². The van der Waals surface area contributed by atoms with Gasteiger partial charge >= 0.3 is 5.97 Å². The molecule has 0 amide bonds. The van der Waals surface area contributed by atoms with Crippen LogP contribution in [0.1, 0.15) is 23.7 Å². The third-order valence-electron chi connectivity index (χ3n) is 2.52. The molecule has 1 heterocycles. The molecule has 0 N–H and O–H groups in total. The molecule has 0 radical (unpaired) electrons. The van der Waals surface area contributed by atoms with Crippen molar-refractivity contribution in [3.8, 4) is 0 Å². The number of rotatable bonds is 6. The van der Waals surface area contributed by atoms with Crippen LogP contribution in [0.3, 0.4) is 0 Å². The molecule has 0 fully saturated rings. The van der Waals surface area contributed by atoms with E-state index in [-0.39, 0.29) is 12.6 Å². The maximum atomic E-state index is 11.5. The minimum Gasteiger partial charge on any atom is -0.456 e. The highest BCUT2D eigenvalue weighted by Crippen LogP contribution is 2.19. The molecule has 0 saturated heterocycles. The van der Waals surface area contributed by atoms with Gasteiger partial charge in [0.25, 0.3) is 5.89 Å². The van der Waals surface area contributed by atoms with Crippen LogP contribution in [0, 0.1) is 13.8 Å². The Bertz CT molecular complexity index is 566. The van der Waals surface area contributed by atoms with Crippen LogP contribution in [0.5, 0.6) is 0 Å². The summed E-state index contributed by atoms with van der Waals surface area (Å²) in [6, 6.07) is 8.20. The lowest BCUT2D eigenvalue weighted by Crippen LogP contribution is -2.05. The van der Waals surface area contributed by atoms with Crippen LogP contribution >= 0.6 is 11.8 Å². The fourth-order valence-electron chi connectivity index (χ4n) is 1.50. The molecule has 6 heteroatoms. The molecule has 0 atom stereocenters. The summed E-state index contributed by atoms with van der Waals surface area (Å²) in [6.07, 6.45) is 0.353. The number of ether oxygens (including phenoxy) is 1. The van der Waals surface area contributed by atoms with E-state index in [1.165, 1.54) is 5.56 Å². The molecular formula is C14H16N2O3S. The molecule has 0 aliphatic heterocycles. The first-order valence-corrected chi connectivity index (χ1v) is 7.26. The van der Waals surface area contributed by atoms with Crippen molar-refractivity contribution >= 4 is 17.7 Å². The summed E-state index contributed by atoms with van der Waals surface area (Å²) in [5.74, 6) is 1.28. The van der Waals surface area contributed by atoms with Gasteiger partial charge < -0.3 is 9.26 Å². The van der Waals surface area contributed by atoms with E-state index in [0.29, 0.717) is 23.9 Å². The van der Waals surface area contributed by atoms with E-state index in [9.17, 15) is 4.79 Å². The highest BCUT2D eigenvalue weighted by atomic mass is 32.2. The minimum atomic E-state index is -0.263. The average molecular weight is 292 g/mol. The molecule has 0 unspecified atom stereocenters. The average Bonchev–Trinajstić information content (AvgIpc) is 2.85. The number of benzene rings is 1. The third kappa shape index (κ3) is 4.70. The number of hydrogen-bond acceptors (Lipinski definition) is 6. The van der Waals surface area contributed by atoms with Crippen molar-refractivity contribution < 1.29 is 14.1 Å². The lowest BCUT2D eigenvalue weighted by Gasteiger charge is -2.03. The smallest absolute Gasteiger partial charge is 0.307 e. The first-order chi connectivity index (χ1) is 9.63. The number of aryl methyl sites for hydroxylation is 2. The Morgan fingerprint density at radius 3 is 2.70 bits per heavy atom. The van der Waals surface area contributed by atoms with Gasteiger partial charge in [0.1, 0.15) is 0 Å². The summed E-state index contributed by atoms with van der Waals surface area (Å²) in [6.45, 7) is 3.80. The van der Waals surface area contributed by atoms with Crippen molar-refractivity contribution in [1.29, 1.82) is 0 Å². The Hall–Kier alpha value is -1.82. The SMILES string of the molecule is Cc1ccc(SCCC(=O)OCc2nc(C)no2)cc1. The van der Waals surface area contributed by atoms with Crippen LogP contribution in [0.4, 0.5) is 0 Å². The van der Waals surface area contributed by atoms with Gasteiger partial charge in [-0.05, 0) is 26.0 Å². The second-order valence-corrected chi connectivity index (χ2v) is 5.48. The van der Waals surface area contributed by atoms with Crippen molar-refractivity contribution in [1.82, 2.24) is 10.1 Å². The second kappa shape index (κ2) is 7.09. The summed E-state index contributed by atoms with van der Waals surface area (Å²) in [7, 11) is 0. The van der Waals surface area contributed by atoms with E-state index in [0.717, 1.165) is 4.90 Å². The molecule has 2 rings (SSSR count). The van der Waals surface area contributed by atoms with Crippen molar-refractivity contribution in [2.45, 2.75) is 31.8 Å². The lowest BCUT2D eigenvalue weighted by molar-refractivity contribution is -0.145. The van der Waals surface area contributed by atoms with Crippen LogP contribution in [-0.4, -0.2) is 21.9 Å². The molecule has 20 heavy (non-hydrogen) atoms. The predicted octanol–water partition coefficient (Wildman–Crippen LogP) is 2.91. The van der Waals surface area contributed by atoms with E-state index in [1.807, 2.05) is 19.1 Å². The zero-order chi connectivity index (χ0) is 14.4.